The van der Waals surface area contributed by atoms with E-state index in [0.717, 1.165) is 26.3 Å². The third-order valence-corrected chi connectivity index (χ3v) is 9.74. The average molecular weight is 693 g/mol. The van der Waals surface area contributed by atoms with Gasteiger partial charge in [-0.3, -0.25) is 13.9 Å². The van der Waals surface area contributed by atoms with E-state index in [0.29, 0.717) is 11.5 Å². The number of nitrogens with one attached hydrogen (secondary N) is 1. The summed E-state index contributed by atoms with van der Waals surface area (Å²) in [4.78, 5) is 28.9. The first kappa shape index (κ1) is 33.7. The molecule has 0 saturated heterocycles. The van der Waals surface area contributed by atoms with Gasteiger partial charge in [0.05, 0.1) is 10.6 Å². The number of carbonyl (C=O) groups is 2. The van der Waals surface area contributed by atoms with Crippen LogP contribution in [-0.4, -0.2) is 43.8 Å². The molecular formula is C35H38BrN3O5S. The number of benzene rings is 4. The second-order valence-corrected chi connectivity index (χ2v) is 13.7. The van der Waals surface area contributed by atoms with Crippen molar-refractivity contribution in [3.05, 3.63) is 119 Å². The van der Waals surface area contributed by atoms with Gasteiger partial charge in [-0.25, -0.2) is 8.42 Å². The number of nitrogens with zero attached hydrogens (tertiary/aromatic N) is 2. The van der Waals surface area contributed by atoms with E-state index in [4.69, 9.17) is 4.74 Å². The number of anilines is 1. The molecule has 0 unspecified atom stereocenters. The predicted octanol–water partition coefficient (Wildman–Crippen LogP) is 7.08. The molecule has 0 bridgehead atoms. The van der Waals surface area contributed by atoms with Crippen molar-refractivity contribution in [2.24, 2.45) is 0 Å². The maximum atomic E-state index is 14.1. The van der Waals surface area contributed by atoms with Crippen molar-refractivity contribution in [2.75, 3.05) is 10.8 Å². The summed E-state index contributed by atoms with van der Waals surface area (Å²) >= 11 is 3.43. The number of amides is 2. The molecule has 1 N–H and O–H groups in total. The standard InChI is InChI=1S/C35H38BrN3O5S/c1-5-26(3)37-35(41)27(4)38(23-28-13-15-29(36)16-14-28)34(40)24-39(45(42,43)33-21-11-25(2)12-22-33)30-17-19-32(20-18-30)44-31-9-7-6-8-10-31/h6-22,26-27H,5,23-24H2,1-4H3,(H,37,41)/t26-,27-/m1/s1. The minimum absolute atomic E-state index is 0.0486. The fraction of sp³-hybridized carbons (Fsp3) is 0.257. The van der Waals surface area contributed by atoms with Gasteiger partial charge < -0.3 is 15.0 Å². The number of hydrogen-bond donors (Lipinski definition) is 1. The number of ether oxygens (including phenoxy) is 1. The molecule has 0 aliphatic heterocycles. The Morgan fingerprint density at radius 1 is 0.844 bits per heavy atom. The first-order valence-corrected chi connectivity index (χ1v) is 17.0. The van der Waals surface area contributed by atoms with Crippen LogP contribution in [0, 0.1) is 6.92 Å². The van der Waals surface area contributed by atoms with Crippen LogP contribution in [0.25, 0.3) is 0 Å². The second-order valence-electron chi connectivity index (χ2n) is 10.9. The molecule has 2 amide bonds. The van der Waals surface area contributed by atoms with Gasteiger partial charge in [0.2, 0.25) is 11.8 Å². The molecule has 4 rings (SSSR count). The molecule has 0 aliphatic rings. The third-order valence-electron chi connectivity index (χ3n) is 7.43. The van der Waals surface area contributed by atoms with Crippen LogP contribution in [0.1, 0.15) is 38.3 Å². The minimum Gasteiger partial charge on any atom is -0.457 e. The lowest BCUT2D eigenvalue weighted by Crippen LogP contribution is -2.52. The highest BCUT2D eigenvalue weighted by molar-refractivity contribution is 9.10. The normalized spacial score (nSPS) is 12.6. The Kier molecular flexibility index (Phi) is 11.4. The van der Waals surface area contributed by atoms with Gasteiger partial charge >= 0.3 is 0 Å². The molecule has 0 saturated carbocycles. The van der Waals surface area contributed by atoms with Crippen LogP contribution in [0.3, 0.4) is 0 Å². The van der Waals surface area contributed by atoms with Crippen LogP contribution in [0.2, 0.25) is 0 Å². The molecule has 10 heteroatoms. The van der Waals surface area contributed by atoms with E-state index in [-0.39, 0.29) is 29.1 Å². The van der Waals surface area contributed by atoms with E-state index in [1.54, 1.807) is 43.3 Å². The number of sulfonamides is 1. The number of halogens is 1. The Hall–Kier alpha value is -4.15. The summed E-state index contributed by atoms with van der Waals surface area (Å²) in [6, 6.07) is 28.7. The molecule has 8 nitrogen and oxygen atoms in total. The average Bonchev–Trinajstić information content (AvgIpc) is 3.04. The largest absolute Gasteiger partial charge is 0.457 e. The van der Waals surface area contributed by atoms with Crippen molar-refractivity contribution in [3.63, 3.8) is 0 Å². The lowest BCUT2D eigenvalue weighted by Gasteiger charge is -2.32. The van der Waals surface area contributed by atoms with Gasteiger partial charge in [0.15, 0.2) is 0 Å². The van der Waals surface area contributed by atoms with Gasteiger partial charge in [0.1, 0.15) is 24.1 Å². The van der Waals surface area contributed by atoms with Crippen molar-refractivity contribution >= 4 is 43.5 Å². The zero-order valence-electron chi connectivity index (χ0n) is 25.8. The highest BCUT2D eigenvalue weighted by Crippen LogP contribution is 2.29. The van der Waals surface area contributed by atoms with E-state index in [1.807, 2.05) is 75.4 Å². The van der Waals surface area contributed by atoms with E-state index < -0.39 is 28.5 Å². The molecule has 0 fully saturated rings. The summed E-state index contributed by atoms with van der Waals surface area (Å²) in [5.41, 5.74) is 1.98. The van der Waals surface area contributed by atoms with Crippen molar-refractivity contribution in [3.8, 4) is 11.5 Å². The SMILES string of the molecule is CC[C@@H](C)NC(=O)[C@@H](C)N(Cc1ccc(Br)cc1)C(=O)CN(c1ccc(Oc2ccccc2)cc1)S(=O)(=O)c1ccc(C)cc1. The molecule has 45 heavy (non-hydrogen) atoms. The predicted molar refractivity (Wildman–Crippen MR) is 181 cm³/mol. The van der Waals surface area contributed by atoms with Crippen LogP contribution in [0.4, 0.5) is 5.69 Å². The lowest BCUT2D eigenvalue weighted by molar-refractivity contribution is -0.139. The Morgan fingerprint density at radius 2 is 1.44 bits per heavy atom. The minimum atomic E-state index is -4.18. The molecule has 4 aromatic rings. The molecule has 0 aromatic heterocycles. The summed E-state index contributed by atoms with van der Waals surface area (Å²) in [5.74, 6) is 0.309. The number of rotatable bonds is 13. The second kappa shape index (κ2) is 15.2. The molecule has 0 spiro atoms. The fourth-order valence-corrected chi connectivity index (χ4v) is 6.18. The van der Waals surface area contributed by atoms with Gasteiger partial charge in [-0.2, -0.15) is 0 Å². The maximum Gasteiger partial charge on any atom is 0.264 e. The summed E-state index contributed by atoms with van der Waals surface area (Å²) in [5, 5.41) is 2.95. The summed E-state index contributed by atoms with van der Waals surface area (Å²) in [7, 11) is -4.18. The zero-order chi connectivity index (χ0) is 32.6. The Labute approximate surface area is 274 Å². The van der Waals surface area contributed by atoms with Crippen molar-refractivity contribution in [1.82, 2.24) is 10.2 Å². The summed E-state index contributed by atoms with van der Waals surface area (Å²) in [6.45, 7) is 6.98. The van der Waals surface area contributed by atoms with E-state index in [1.165, 1.54) is 17.0 Å². The molecule has 4 aromatic carbocycles. The van der Waals surface area contributed by atoms with Crippen LogP contribution in [0.5, 0.6) is 11.5 Å². The van der Waals surface area contributed by atoms with Crippen molar-refractivity contribution in [2.45, 2.75) is 57.6 Å². The first-order valence-electron chi connectivity index (χ1n) is 14.7. The topological polar surface area (TPSA) is 96.0 Å². The van der Waals surface area contributed by atoms with Crippen LogP contribution < -0.4 is 14.4 Å². The van der Waals surface area contributed by atoms with E-state index >= 15 is 0 Å². The zero-order valence-corrected chi connectivity index (χ0v) is 28.2. The third kappa shape index (κ3) is 8.95. The maximum absolute atomic E-state index is 14.1. The number of carbonyl (C=O) groups excluding carboxylic acids is 2. The fourth-order valence-electron chi connectivity index (χ4n) is 4.51. The number of para-hydroxylation sites is 1. The molecule has 2 atom stereocenters. The number of aryl methyl sites for hydroxylation is 1. The summed E-state index contributed by atoms with van der Waals surface area (Å²) in [6.07, 6.45) is 0.728. The highest BCUT2D eigenvalue weighted by Gasteiger charge is 2.33. The van der Waals surface area contributed by atoms with E-state index in [2.05, 4.69) is 21.2 Å². The molecule has 0 aliphatic carbocycles. The Morgan fingerprint density at radius 3 is 2.04 bits per heavy atom. The highest BCUT2D eigenvalue weighted by atomic mass is 79.9. The van der Waals surface area contributed by atoms with Gasteiger partial charge in [0, 0.05) is 17.1 Å². The van der Waals surface area contributed by atoms with Gasteiger partial charge in [-0.15, -0.1) is 0 Å². The number of hydrogen-bond acceptors (Lipinski definition) is 5. The van der Waals surface area contributed by atoms with Gasteiger partial charge in [-0.05, 0) is 93.4 Å². The molecule has 236 valence electrons. The van der Waals surface area contributed by atoms with Crippen molar-refractivity contribution < 1.29 is 22.7 Å². The Balaban J connectivity index is 1.70. The molecular weight excluding hydrogens is 654 g/mol. The Bertz CT molecular complexity index is 1680. The van der Waals surface area contributed by atoms with Crippen LogP contribution in [-0.2, 0) is 26.2 Å². The van der Waals surface area contributed by atoms with Crippen molar-refractivity contribution in [1.29, 1.82) is 0 Å². The quantitative estimate of drug-likeness (QED) is 0.162. The van der Waals surface area contributed by atoms with Crippen LogP contribution in [0.15, 0.2) is 112 Å². The molecule has 0 radical (unpaired) electrons. The summed E-state index contributed by atoms with van der Waals surface area (Å²) < 4.78 is 36.1. The lowest BCUT2D eigenvalue weighted by atomic mass is 10.1. The van der Waals surface area contributed by atoms with E-state index in [9.17, 15) is 18.0 Å². The van der Waals surface area contributed by atoms with Gasteiger partial charge in [0.25, 0.3) is 10.0 Å². The monoisotopic (exact) mass is 691 g/mol. The smallest absolute Gasteiger partial charge is 0.264 e. The molecule has 0 heterocycles. The first-order chi connectivity index (χ1) is 21.5. The van der Waals surface area contributed by atoms with Crippen LogP contribution >= 0.6 is 15.9 Å². The van der Waals surface area contributed by atoms with Gasteiger partial charge in [-0.1, -0.05) is 70.9 Å².